The van der Waals surface area contributed by atoms with Crippen molar-refractivity contribution >= 4 is 5.57 Å². The van der Waals surface area contributed by atoms with Crippen LogP contribution in [0.3, 0.4) is 0 Å². The molecule has 1 nitrogen and oxygen atoms in total. The maximum absolute atomic E-state index is 4.00. The fourth-order valence-electron chi connectivity index (χ4n) is 2.40. The zero-order valence-electron chi connectivity index (χ0n) is 10.1. The van der Waals surface area contributed by atoms with Gasteiger partial charge in [0.15, 0.2) is 0 Å². The lowest BCUT2D eigenvalue weighted by atomic mass is 9.91. The van der Waals surface area contributed by atoms with Crippen LogP contribution in [0.25, 0.3) is 5.57 Å². The standard InChI is InChI=1S/C15H21N/c1-12(2)15-7-3-5-13(10-15)9-14-6-4-8-16-11-14/h3,5,7,10,14,16H,1,4,6,8-9,11H2,2H3. The number of allylic oxidation sites excluding steroid dienone is 1. The third kappa shape index (κ3) is 2.96. The second-order valence-corrected chi connectivity index (χ2v) is 4.90. The van der Waals surface area contributed by atoms with E-state index >= 15 is 0 Å². The molecule has 1 unspecified atom stereocenters. The van der Waals surface area contributed by atoms with Crippen LogP contribution in [0, 0.1) is 5.92 Å². The molecular formula is C15H21N. The van der Waals surface area contributed by atoms with Crippen LogP contribution in [0.5, 0.6) is 0 Å². The van der Waals surface area contributed by atoms with E-state index in [1.54, 1.807) is 0 Å². The summed E-state index contributed by atoms with van der Waals surface area (Å²) < 4.78 is 0. The largest absolute Gasteiger partial charge is 0.316 e. The average Bonchev–Trinajstić information content (AvgIpc) is 2.30. The predicted octanol–water partition coefficient (Wildman–Crippen LogP) is 3.26. The smallest absolute Gasteiger partial charge is 0.00173 e. The molecule has 0 aromatic heterocycles. The van der Waals surface area contributed by atoms with Crippen molar-refractivity contribution in [1.82, 2.24) is 5.32 Å². The summed E-state index contributed by atoms with van der Waals surface area (Å²) in [5.74, 6) is 0.814. The highest BCUT2D eigenvalue weighted by Crippen LogP contribution is 2.19. The Balaban J connectivity index is 2.02. The number of benzene rings is 1. The average molecular weight is 215 g/mol. The Kier molecular flexibility index (Phi) is 3.79. The van der Waals surface area contributed by atoms with Gasteiger partial charge in [0.2, 0.25) is 0 Å². The molecule has 1 aromatic carbocycles. The van der Waals surface area contributed by atoms with Crippen molar-refractivity contribution in [3.63, 3.8) is 0 Å². The van der Waals surface area contributed by atoms with E-state index < -0.39 is 0 Å². The molecule has 0 radical (unpaired) electrons. The quantitative estimate of drug-likeness (QED) is 0.816. The molecule has 0 amide bonds. The Hall–Kier alpha value is -1.08. The Labute approximate surface area is 98.6 Å². The van der Waals surface area contributed by atoms with E-state index in [1.165, 1.54) is 43.5 Å². The number of hydrogen-bond acceptors (Lipinski definition) is 1. The first-order chi connectivity index (χ1) is 7.75. The molecule has 1 aliphatic rings. The lowest BCUT2D eigenvalue weighted by Gasteiger charge is -2.22. The highest BCUT2D eigenvalue weighted by Gasteiger charge is 2.13. The van der Waals surface area contributed by atoms with Crippen LogP contribution in [-0.2, 0) is 6.42 Å². The Morgan fingerprint density at radius 3 is 3.06 bits per heavy atom. The van der Waals surface area contributed by atoms with Gasteiger partial charge in [-0.15, -0.1) is 0 Å². The van der Waals surface area contributed by atoms with Gasteiger partial charge in [0, 0.05) is 0 Å². The van der Waals surface area contributed by atoms with Crippen LogP contribution in [0.15, 0.2) is 30.8 Å². The Bertz CT molecular complexity index is 361. The van der Waals surface area contributed by atoms with E-state index in [4.69, 9.17) is 0 Å². The van der Waals surface area contributed by atoms with Gasteiger partial charge in [-0.2, -0.15) is 0 Å². The van der Waals surface area contributed by atoms with E-state index in [2.05, 4.69) is 43.1 Å². The molecule has 1 saturated heterocycles. The highest BCUT2D eigenvalue weighted by atomic mass is 14.9. The predicted molar refractivity (Wildman–Crippen MR) is 70.4 cm³/mol. The molecule has 0 aliphatic carbocycles. The molecule has 1 aliphatic heterocycles. The van der Waals surface area contributed by atoms with Gasteiger partial charge < -0.3 is 5.32 Å². The number of rotatable bonds is 3. The van der Waals surface area contributed by atoms with Crippen molar-refractivity contribution in [3.05, 3.63) is 42.0 Å². The lowest BCUT2D eigenvalue weighted by molar-refractivity contribution is 0.376. The van der Waals surface area contributed by atoms with Crippen molar-refractivity contribution < 1.29 is 0 Å². The van der Waals surface area contributed by atoms with Gasteiger partial charge in [-0.05, 0) is 56.3 Å². The van der Waals surface area contributed by atoms with Crippen molar-refractivity contribution in [2.45, 2.75) is 26.2 Å². The van der Waals surface area contributed by atoms with Crippen LogP contribution >= 0.6 is 0 Å². The second-order valence-electron chi connectivity index (χ2n) is 4.90. The summed E-state index contributed by atoms with van der Waals surface area (Å²) in [6, 6.07) is 8.82. The fourth-order valence-corrected chi connectivity index (χ4v) is 2.40. The van der Waals surface area contributed by atoms with E-state index in [0.29, 0.717) is 0 Å². The van der Waals surface area contributed by atoms with Crippen LogP contribution in [-0.4, -0.2) is 13.1 Å². The fraction of sp³-hybridized carbons (Fsp3) is 0.467. The number of hydrogen-bond donors (Lipinski definition) is 1. The lowest BCUT2D eigenvalue weighted by Crippen LogP contribution is -2.30. The molecule has 1 heteroatoms. The number of nitrogens with one attached hydrogen (secondary N) is 1. The van der Waals surface area contributed by atoms with Gasteiger partial charge in [0.05, 0.1) is 0 Å². The molecule has 1 atom stereocenters. The molecule has 0 spiro atoms. The summed E-state index contributed by atoms with van der Waals surface area (Å²) in [6.45, 7) is 8.45. The van der Waals surface area contributed by atoms with Gasteiger partial charge in [0.25, 0.3) is 0 Å². The molecule has 0 bridgehead atoms. The summed E-state index contributed by atoms with van der Waals surface area (Å²) in [5.41, 5.74) is 3.89. The van der Waals surface area contributed by atoms with Crippen molar-refractivity contribution in [2.75, 3.05) is 13.1 Å². The zero-order valence-corrected chi connectivity index (χ0v) is 10.1. The SMILES string of the molecule is C=C(C)c1cccc(CC2CCCNC2)c1. The summed E-state index contributed by atoms with van der Waals surface area (Å²) >= 11 is 0. The van der Waals surface area contributed by atoms with Crippen molar-refractivity contribution in [1.29, 1.82) is 0 Å². The molecule has 1 N–H and O–H groups in total. The first kappa shape index (κ1) is 11.4. The molecule has 16 heavy (non-hydrogen) atoms. The van der Waals surface area contributed by atoms with E-state index in [0.717, 1.165) is 11.5 Å². The second kappa shape index (κ2) is 5.31. The molecule has 1 heterocycles. The maximum Gasteiger partial charge on any atom is -0.00173 e. The Morgan fingerprint density at radius 2 is 2.38 bits per heavy atom. The molecular weight excluding hydrogens is 194 g/mol. The minimum atomic E-state index is 0.814. The summed E-state index contributed by atoms with van der Waals surface area (Å²) in [7, 11) is 0. The molecule has 0 saturated carbocycles. The Morgan fingerprint density at radius 1 is 1.50 bits per heavy atom. The topological polar surface area (TPSA) is 12.0 Å². The van der Waals surface area contributed by atoms with Crippen LogP contribution in [0.1, 0.15) is 30.9 Å². The molecule has 1 fully saturated rings. The minimum Gasteiger partial charge on any atom is -0.316 e. The number of piperidine rings is 1. The first-order valence-electron chi connectivity index (χ1n) is 6.21. The van der Waals surface area contributed by atoms with Crippen LogP contribution < -0.4 is 5.32 Å². The molecule has 1 aromatic rings. The third-order valence-electron chi connectivity index (χ3n) is 3.34. The third-order valence-corrected chi connectivity index (χ3v) is 3.34. The first-order valence-corrected chi connectivity index (χ1v) is 6.21. The van der Waals surface area contributed by atoms with Gasteiger partial charge in [-0.25, -0.2) is 0 Å². The monoisotopic (exact) mass is 215 g/mol. The van der Waals surface area contributed by atoms with E-state index in [-0.39, 0.29) is 0 Å². The van der Waals surface area contributed by atoms with Crippen molar-refractivity contribution in [3.8, 4) is 0 Å². The zero-order chi connectivity index (χ0) is 11.4. The maximum atomic E-state index is 4.00. The van der Waals surface area contributed by atoms with Gasteiger partial charge in [0.1, 0.15) is 0 Å². The van der Waals surface area contributed by atoms with Gasteiger partial charge >= 0.3 is 0 Å². The van der Waals surface area contributed by atoms with Gasteiger partial charge in [-0.1, -0.05) is 36.4 Å². The van der Waals surface area contributed by atoms with Crippen LogP contribution in [0.4, 0.5) is 0 Å². The highest BCUT2D eigenvalue weighted by molar-refractivity contribution is 5.61. The molecule has 86 valence electrons. The molecule has 2 rings (SSSR count). The summed E-state index contributed by atoms with van der Waals surface area (Å²) in [5, 5.41) is 3.47. The van der Waals surface area contributed by atoms with E-state index in [9.17, 15) is 0 Å². The normalized spacial score (nSPS) is 20.7. The van der Waals surface area contributed by atoms with Crippen molar-refractivity contribution in [2.24, 2.45) is 5.92 Å². The van der Waals surface area contributed by atoms with Crippen LogP contribution in [0.2, 0.25) is 0 Å². The van der Waals surface area contributed by atoms with Gasteiger partial charge in [-0.3, -0.25) is 0 Å². The summed E-state index contributed by atoms with van der Waals surface area (Å²) in [6.07, 6.45) is 3.89. The minimum absolute atomic E-state index is 0.814. The van der Waals surface area contributed by atoms with E-state index in [1.807, 2.05) is 0 Å². The summed E-state index contributed by atoms with van der Waals surface area (Å²) in [4.78, 5) is 0.